The lowest BCUT2D eigenvalue weighted by Gasteiger charge is -2.39. The van der Waals surface area contributed by atoms with E-state index in [1.165, 1.54) is 16.2 Å². The van der Waals surface area contributed by atoms with Gasteiger partial charge in [-0.15, -0.1) is 0 Å². The smallest absolute Gasteiger partial charge is 0.338 e. The number of urea groups is 1. The second kappa shape index (κ2) is 5.66. The quantitative estimate of drug-likeness (QED) is 0.805. The molecule has 0 N–H and O–H groups in total. The zero-order chi connectivity index (χ0) is 14.9. The van der Waals surface area contributed by atoms with Gasteiger partial charge in [0, 0.05) is 19.8 Å². The number of amides is 2. The summed E-state index contributed by atoms with van der Waals surface area (Å²) in [4.78, 5) is 27.6. The van der Waals surface area contributed by atoms with Crippen LogP contribution in [0.5, 0.6) is 0 Å². The second-order valence-electron chi connectivity index (χ2n) is 4.63. The molecular formula is C14H18N2O3S. The standard InChI is InChI=1S/C14H18N2O3S/c1-5-19-13(17)11-9(2)15(3)14(18)16(4)12(11)10-6-7-20-8-10/h6-8,12H,5H2,1-4H3. The topological polar surface area (TPSA) is 49.9 Å². The Labute approximate surface area is 122 Å². The van der Waals surface area contributed by atoms with Crippen LogP contribution in [0.1, 0.15) is 25.5 Å². The predicted molar refractivity (Wildman–Crippen MR) is 77.3 cm³/mol. The van der Waals surface area contributed by atoms with Crippen molar-refractivity contribution in [2.45, 2.75) is 19.9 Å². The zero-order valence-electron chi connectivity index (χ0n) is 12.0. The minimum Gasteiger partial charge on any atom is -0.463 e. The highest BCUT2D eigenvalue weighted by Crippen LogP contribution is 2.36. The van der Waals surface area contributed by atoms with Gasteiger partial charge in [-0.2, -0.15) is 11.3 Å². The van der Waals surface area contributed by atoms with E-state index in [0.717, 1.165) is 5.56 Å². The Morgan fingerprint density at radius 1 is 1.45 bits per heavy atom. The Hall–Kier alpha value is -1.82. The van der Waals surface area contributed by atoms with Gasteiger partial charge in [0.25, 0.3) is 0 Å². The van der Waals surface area contributed by atoms with Gasteiger partial charge in [-0.25, -0.2) is 9.59 Å². The van der Waals surface area contributed by atoms with Crippen LogP contribution >= 0.6 is 11.3 Å². The van der Waals surface area contributed by atoms with E-state index in [1.54, 1.807) is 32.8 Å². The number of thiophene rings is 1. The van der Waals surface area contributed by atoms with E-state index in [2.05, 4.69) is 0 Å². The molecule has 0 bridgehead atoms. The summed E-state index contributed by atoms with van der Waals surface area (Å²) < 4.78 is 5.15. The van der Waals surface area contributed by atoms with Crippen molar-refractivity contribution < 1.29 is 14.3 Å². The lowest BCUT2D eigenvalue weighted by atomic mass is 9.96. The highest BCUT2D eigenvalue weighted by molar-refractivity contribution is 7.08. The minimum atomic E-state index is -0.385. The van der Waals surface area contributed by atoms with Crippen molar-refractivity contribution in [2.75, 3.05) is 20.7 Å². The van der Waals surface area contributed by atoms with Crippen molar-refractivity contribution >= 4 is 23.3 Å². The van der Waals surface area contributed by atoms with Crippen molar-refractivity contribution in [3.05, 3.63) is 33.7 Å². The van der Waals surface area contributed by atoms with Crippen LogP contribution < -0.4 is 0 Å². The number of allylic oxidation sites excluding steroid dienone is 1. The highest BCUT2D eigenvalue weighted by atomic mass is 32.1. The van der Waals surface area contributed by atoms with Gasteiger partial charge in [0.2, 0.25) is 0 Å². The van der Waals surface area contributed by atoms with Gasteiger partial charge >= 0.3 is 12.0 Å². The SMILES string of the molecule is CCOC(=O)C1=C(C)N(C)C(=O)N(C)C1c1ccsc1. The lowest BCUT2D eigenvalue weighted by molar-refractivity contribution is -0.139. The van der Waals surface area contributed by atoms with E-state index in [4.69, 9.17) is 4.74 Å². The summed E-state index contributed by atoms with van der Waals surface area (Å²) in [5, 5.41) is 3.89. The average molecular weight is 294 g/mol. The summed E-state index contributed by atoms with van der Waals surface area (Å²) in [7, 11) is 3.37. The Kier molecular flexibility index (Phi) is 4.13. The first kappa shape index (κ1) is 14.6. The van der Waals surface area contributed by atoms with Crippen molar-refractivity contribution in [1.82, 2.24) is 9.80 Å². The summed E-state index contributed by atoms with van der Waals surface area (Å²) >= 11 is 1.54. The first-order valence-electron chi connectivity index (χ1n) is 6.39. The molecule has 0 fully saturated rings. The van der Waals surface area contributed by atoms with Crippen LogP contribution in [-0.2, 0) is 9.53 Å². The molecule has 1 aromatic rings. The van der Waals surface area contributed by atoms with Gasteiger partial charge in [-0.3, -0.25) is 0 Å². The maximum absolute atomic E-state index is 12.3. The predicted octanol–water partition coefficient (Wildman–Crippen LogP) is 2.62. The largest absolute Gasteiger partial charge is 0.463 e. The van der Waals surface area contributed by atoms with E-state index >= 15 is 0 Å². The highest BCUT2D eigenvalue weighted by Gasteiger charge is 2.39. The Morgan fingerprint density at radius 2 is 2.15 bits per heavy atom. The summed E-state index contributed by atoms with van der Waals surface area (Å²) in [5.74, 6) is -0.368. The van der Waals surface area contributed by atoms with Crippen LogP contribution in [-0.4, -0.2) is 42.5 Å². The molecular weight excluding hydrogens is 276 g/mol. The third-order valence-corrected chi connectivity index (χ3v) is 4.20. The molecule has 0 spiro atoms. The molecule has 0 radical (unpaired) electrons. The fourth-order valence-electron chi connectivity index (χ4n) is 2.35. The van der Waals surface area contributed by atoms with E-state index in [-0.39, 0.29) is 18.0 Å². The van der Waals surface area contributed by atoms with Gasteiger partial charge in [-0.1, -0.05) is 0 Å². The van der Waals surface area contributed by atoms with Crippen LogP contribution in [0.15, 0.2) is 28.1 Å². The fraction of sp³-hybridized carbons (Fsp3) is 0.429. The van der Waals surface area contributed by atoms with Gasteiger partial charge < -0.3 is 14.5 Å². The number of hydrogen-bond donors (Lipinski definition) is 0. The van der Waals surface area contributed by atoms with Gasteiger partial charge in [0.05, 0.1) is 18.2 Å². The molecule has 1 aromatic heterocycles. The van der Waals surface area contributed by atoms with Crippen LogP contribution in [0, 0.1) is 0 Å². The first-order chi connectivity index (χ1) is 9.49. The molecule has 0 saturated heterocycles. The molecule has 1 atom stereocenters. The number of carbonyl (C=O) groups is 2. The number of likely N-dealkylation sites (N-methyl/N-ethyl adjacent to an activating group) is 1. The van der Waals surface area contributed by atoms with Crippen LogP contribution in [0.4, 0.5) is 4.79 Å². The summed E-state index contributed by atoms with van der Waals surface area (Å²) in [6, 6.07) is 1.41. The number of carbonyl (C=O) groups excluding carboxylic acids is 2. The van der Waals surface area contributed by atoms with Crippen molar-refractivity contribution in [3.63, 3.8) is 0 Å². The monoisotopic (exact) mass is 294 g/mol. The molecule has 2 rings (SSSR count). The molecule has 20 heavy (non-hydrogen) atoms. The Bertz CT molecular complexity index is 551. The van der Waals surface area contributed by atoms with Gasteiger partial charge in [0.1, 0.15) is 0 Å². The number of hydrogen-bond acceptors (Lipinski definition) is 4. The average Bonchev–Trinajstić information content (AvgIpc) is 2.94. The zero-order valence-corrected chi connectivity index (χ0v) is 12.9. The summed E-state index contributed by atoms with van der Waals surface area (Å²) in [6.45, 7) is 3.86. The van der Waals surface area contributed by atoms with Crippen molar-refractivity contribution in [1.29, 1.82) is 0 Å². The molecule has 108 valence electrons. The number of nitrogens with zero attached hydrogens (tertiary/aromatic N) is 2. The molecule has 5 nitrogen and oxygen atoms in total. The van der Waals surface area contributed by atoms with Crippen molar-refractivity contribution in [2.24, 2.45) is 0 Å². The molecule has 2 amide bonds. The molecule has 0 aliphatic carbocycles. The third-order valence-electron chi connectivity index (χ3n) is 3.50. The number of ether oxygens (including phenoxy) is 1. The minimum absolute atomic E-state index is 0.133. The molecule has 0 aromatic carbocycles. The van der Waals surface area contributed by atoms with E-state index in [1.807, 2.05) is 16.8 Å². The van der Waals surface area contributed by atoms with Crippen LogP contribution in [0.3, 0.4) is 0 Å². The summed E-state index contributed by atoms with van der Waals surface area (Å²) in [5.41, 5.74) is 2.10. The number of esters is 1. The normalized spacial score (nSPS) is 19.6. The molecule has 2 heterocycles. The first-order valence-corrected chi connectivity index (χ1v) is 7.33. The van der Waals surface area contributed by atoms with Crippen LogP contribution in [0.2, 0.25) is 0 Å². The molecule has 0 saturated carbocycles. The Morgan fingerprint density at radius 3 is 2.70 bits per heavy atom. The van der Waals surface area contributed by atoms with Gasteiger partial charge in [-0.05, 0) is 36.2 Å². The second-order valence-corrected chi connectivity index (χ2v) is 5.41. The lowest BCUT2D eigenvalue weighted by Crippen LogP contribution is -2.47. The molecule has 1 unspecified atom stereocenters. The molecule has 1 aliphatic heterocycles. The maximum atomic E-state index is 12.3. The fourth-order valence-corrected chi connectivity index (χ4v) is 3.03. The van der Waals surface area contributed by atoms with Gasteiger partial charge in [0.15, 0.2) is 0 Å². The van der Waals surface area contributed by atoms with Crippen molar-refractivity contribution in [3.8, 4) is 0 Å². The van der Waals surface area contributed by atoms with E-state index < -0.39 is 0 Å². The molecule has 6 heteroatoms. The van der Waals surface area contributed by atoms with Crippen LogP contribution in [0.25, 0.3) is 0 Å². The maximum Gasteiger partial charge on any atom is 0.338 e. The third kappa shape index (κ3) is 2.31. The Balaban J connectivity index is 2.54. The number of rotatable bonds is 3. The van der Waals surface area contributed by atoms with E-state index in [0.29, 0.717) is 17.9 Å². The van der Waals surface area contributed by atoms with E-state index in [9.17, 15) is 9.59 Å². The summed E-state index contributed by atoms with van der Waals surface area (Å²) in [6.07, 6.45) is 0. The molecule has 1 aliphatic rings.